The maximum atomic E-state index is 13.1. The van der Waals surface area contributed by atoms with E-state index >= 15 is 0 Å². The van der Waals surface area contributed by atoms with Crippen LogP contribution in [0.4, 0.5) is 14.9 Å². The van der Waals surface area contributed by atoms with Crippen molar-refractivity contribution in [1.82, 2.24) is 0 Å². The molecule has 0 radical (unpaired) electrons. The van der Waals surface area contributed by atoms with E-state index in [0.29, 0.717) is 6.54 Å². The number of primary amides is 1. The average Bonchev–Trinajstić information content (AvgIpc) is 2.09. The number of carbonyl (C=O) groups excluding carboxylic acids is 1. The van der Waals surface area contributed by atoms with E-state index in [1.807, 2.05) is 0 Å². The fourth-order valence-corrected chi connectivity index (χ4v) is 1.12. The van der Waals surface area contributed by atoms with Gasteiger partial charge in [-0.25, -0.2) is 9.18 Å². The van der Waals surface area contributed by atoms with Crippen molar-refractivity contribution in [3.05, 3.63) is 30.1 Å². The Hall–Kier alpha value is -1.58. The summed E-state index contributed by atoms with van der Waals surface area (Å²) >= 11 is 0. The lowest BCUT2D eigenvalue weighted by Crippen LogP contribution is -2.36. The third-order valence-corrected chi connectivity index (χ3v) is 1.73. The number of carbonyl (C=O) groups is 1. The molecule has 0 fully saturated rings. The predicted octanol–water partition coefficient (Wildman–Crippen LogP) is 1.73. The molecule has 0 aromatic heterocycles. The Labute approximate surface area is 76.0 Å². The molecule has 0 atom stereocenters. The van der Waals surface area contributed by atoms with E-state index in [9.17, 15) is 9.18 Å². The molecule has 0 saturated carbocycles. The van der Waals surface area contributed by atoms with Crippen LogP contribution >= 0.6 is 0 Å². The first-order chi connectivity index (χ1) is 6.16. The summed E-state index contributed by atoms with van der Waals surface area (Å²) in [4.78, 5) is 12.0. The molecule has 3 nitrogen and oxygen atoms in total. The van der Waals surface area contributed by atoms with E-state index in [1.165, 1.54) is 17.0 Å². The van der Waals surface area contributed by atoms with Crippen LogP contribution < -0.4 is 10.6 Å². The minimum Gasteiger partial charge on any atom is -0.351 e. The topological polar surface area (TPSA) is 46.3 Å². The molecule has 4 heteroatoms. The van der Waals surface area contributed by atoms with Crippen LogP contribution in [0.5, 0.6) is 0 Å². The van der Waals surface area contributed by atoms with Crippen LogP contribution in [0.2, 0.25) is 0 Å². The molecule has 1 rings (SSSR count). The highest BCUT2D eigenvalue weighted by molar-refractivity contribution is 5.90. The van der Waals surface area contributed by atoms with Gasteiger partial charge in [-0.2, -0.15) is 0 Å². The van der Waals surface area contributed by atoms with Gasteiger partial charge in [-0.15, -0.1) is 0 Å². The first-order valence-corrected chi connectivity index (χ1v) is 3.98. The van der Waals surface area contributed by atoms with Crippen LogP contribution in [-0.4, -0.2) is 12.6 Å². The zero-order chi connectivity index (χ0) is 9.84. The zero-order valence-corrected chi connectivity index (χ0v) is 7.33. The Bertz CT molecular complexity index is 314. The first-order valence-electron chi connectivity index (χ1n) is 3.98. The number of halogens is 1. The quantitative estimate of drug-likeness (QED) is 0.743. The Balaban J connectivity index is 3.04. The normalized spacial score (nSPS) is 9.69. The molecule has 13 heavy (non-hydrogen) atoms. The molecule has 0 unspecified atom stereocenters. The second kappa shape index (κ2) is 3.89. The minimum atomic E-state index is -0.646. The predicted molar refractivity (Wildman–Crippen MR) is 49.0 cm³/mol. The molecule has 0 bridgehead atoms. The van der Waals surface area contributed by atoms with E-state index < -0.39 is 11.8 Å². The number of para-hydroxylation sites is 1. The lowest BCUT2D eigenvalue weighted by molar-refractivity contribution is 0.254. The molecular formula is C9H11FN2O. The van der Waals surface area contributed by atoms with Gasteiger partial charge in [0.2, 0.25) is 0 Å². The third-order valence-electron chi connectivity index (χ3n) is 1.73. The highest BCUT2D eigenvalue weighted by atomic mass is 19.1. The van der Waals surface area contributed by atoms with E-state index in [0.717, 1.165) is 0 Å². The molecule has 0 heterocycles. The molecule has 0 aliphatic heterocycles. The van der Waals surface area contributed by atoms with Crippen molar-refractivity contribution in [2.24, 2.45) is 5.73 Å². The van der Waals surface area contributed by atoms with E-state index in [1.54, 1.807) is 19.1 Å². The van der Waals surface area contributed by atoms with Crippen LogP contribution in [0.15, 0.2) is 24.3 Å². The molecule has 0 spiro atoms. The molecule has 0 saturated heterocycles. The number of rotatable bonds is 2. The lowest BCUT2D eigenvalue weighted by Gasteiger charge is -2.18. The molecule has 2 amide bonds. The second-order valence-electron chi connectivity index (χ2n) is 2.53. The summed E-state index contributed by atoms with van der Waals surface area (Å²) in [6, 6.07) is 5.38. The molecular weight excluding hydrogens is 171 g/mol. The van der Waals surface area contributed by atoms with Crippen LogP contribution in [-0.2, 0) is 0 Å². The van der Waals surface area contributed by atoms with Crippen molar-refractivity contribution in [3.8, 4) is 0 Å². The minimum absolute atomic E-state index is 0.220. The fraction of sp³-hybridized carbons (Fsp3) is 0.222. The number of hydrogen-bond donors (Lipinski definition) is 1. The van der Waals surface area contributed by atoms with Crippen LogP contribution in [0.3, 0.4) is 0 Å². The maximum absolute atomic E-state index is 13.1. The Morgan fingerprint density at radius 3 is 2.62 bits per heavy atom. The first kappa shape index (κ1) is 9.51. The molecule has 1 aromatic rings. The second-order valence-corrected chi connectivity index (χ2v) is 2.53. The summed E-state index contributed by atoms with van der Waals surface area (Å²) in [6.07, 6.45) is 0. The van der Waals surface area contributed by atoms with Crippen LogP contribution in [0.25, 0.3) is 0 Å². The standard InChI is InChI=1S/C9H11FN2O/c1-2-12(9(11)13)8-6-4-3-5-7(8)10/h3-6H,2H2,1H3,(H2,11,13). The molecule has 1 aromatic carbocycles. The monoisotopic (exact) mass is 182 g/mol. The summed E-state index contributed by atoms with van der Waals surface area (Å²) < 4.78 is 13.1. The zero-order valence-electron chi connectivity index (χ0n) is 7.33. The van der Waals surface area contributed by atoms with Gasteiger partial charge >= 0.3 is 6.03 Å². The highest BCUT2D eigenvalue weighted by Crippen LogP contribution is 2.17. The number of benzene rings is 1. The summed E-state index contributed by atoms with van der Waals surface area (Å²) in [7, 11) is 0. The van der Waals surface area contributed by atoms with Crippen LogP contribution in [0, 0.1) is 5.82 Å². The Morgan fingerprint density at radius 1 is 1.54 bits per heavy atom. The number of hydrogen-bond acceptors (Lipinski definition) is 1. The van der Waals surface area contributed by atoms with Gasteiger partial charge < -0.3 is 5.73 Å². The van der Waals surface area contributed by atoms with Gasteiger partial charge in [0, 0.05) is 6.54 Å². The number of nitrogens with two attached hydrogens (primary N) is 1. The third kappa shape index (κ3) is 1.96. The molecule has 0 aliphatic carbocycles. The van der Waals surface area contributed by atoms with Crippen molar-refractivity contribution < 1.29 is 9.18 Å². The van der Waals surface area contributed by atoms with Crippen molar-refractivity contribution in [2.45, 2.75) is 6.92 Å². The summed E-state index contributed by atoms with van der Waals surface area (Å²) in [5.74, 6) is -0.442. The Kier molecular flexibility index (Phi) is 2.84. The van der Waals surface area contributed by atoms with Crippen molar-refractivity contribution in [1.29, 1.82) is 0 Å². The van der Waals surface area contributed by atoms with Crippen molar-refractivity contribution in [2.75, 3.05) is 11.4 Å². The molecule has 2 N–H and O–H groups in total. The number of urea groups is 1. The van der Waals surface area contributed by atoms with Gasteiger partial charge in [-0.05, 0) is 19.1 Å². The summed E-state index contributed by atoms with van der Waals surface area (Å²) in [5.41, 5.74) is 5.29. The SMILES string of the molecule is CCN(C(N)=O)c1ccccc1F. The maximum Gasteiger partial charge on any atom is 0.319 e. The number of anilines is 1. The Morgan fingerprint density at radius 2 is 2.15 bits per heavy atom. The van der Waals surface area contributed by atoms with Crippen molar-refractivity contribution >= 4 is 11.7 Å². The van der Waals surface area contributed by atoms with Gasteiger partial charge in [0.25, 0.3) is 0 Å². The number of amides is 2. The molecule has 0 aliphatic rings. The largest absolute Gasteiger partial charge is 0.351 e. The highest BCUT2D eigenvalue weighted by Gasteiger charge is 2.12. The average molecular weight is 182 g/mol. The van der Waals surface area contributed by atoms with Gasteiger partial charge in [-0.1, -0.05) is 12.1 Å². The van der Waals surface area contributed by atoms with Gasteiger partial charge in [0.15, 0.2) is 0 Å². The summed E-state index contributed by atoms with van der Waals surface area (Å²) in [6.45, 7) is 2.09. The smallest absolute Gasteiger partial charge is 0.319 e. The summed E-state index contributed by atoms with van der Waals surface area (Å²) in [5, 5.41) is 0. The van der Waals surface area contributed by atoms with Crippen molar-refractivity contribution in [3.63, 3.8) is 0 Å². The van der Waals surface area contributed by atoms with Crippen LogP contribution in [0.1, 0.15) is 6.92 Å². The number of nitrogens with zero attached hydrogens (tertiary/aromatic N) is 1. The van der Waals surface area contributed by atoms with E-state index in [-0.39, 0.29) is 5.69 Å². The fourth-order valence-electron chi connectivity index (χ4n) is 1.12. The molecule has 70 valence electrons. The van der Waals surface area contributed by atoms with E-state index in [2.05, 4.69) is 0 Å². The van der Waals surface area contributed by atoms with Gasteiger partial charge in [0.1, 0.15) is 5.82 Å². The lowest BCUT2D eigenvalue weighted by atomic mass is 10.3. The van der Waals surface area contributed by atoms with Gasteiger partial charge in [-0.3, -0.25) is 4.90 Å². The van der Waals surface area contributed by atoms with E-state index in [4.69, 9.17) is 5.73 Å². The van der Waals surface area contributed by atoms with Gasteiger partial charge in [0.05, 0.1) is 5.69 Å².